The predicted octanol–water partition coefficient (Wildman–Crippen LogP) is 6.98. The average Bonchev–Trinajstić information content (AvgIpc) is 2.92. The molecule has 3 amide bonds. The Morgan fingerprint density at radius 2 is 1.55 bits per heavy atom. The SMILES string of the molecule is COc1ccc(NC(=O)C(c2ccc(C)cc2)N(C(=O)C(CCSC)NC(=O)OC(C)(C)C)C(C)CCC(C)C)cc1. The Labute approximate surface area is 256 Å². The van der Waals surface area contributed by atoms with Gasteiger partial charge in [0.15, 0.2) is 0 Å². The lowest BCUT2D eigenvalue weighted by Gasteiger charge is -2.39. The number of rotatable bonds is 14. The van der Waals surface area contributed by atoms with Crippen molar-refractivity contribution in [1.29, 1.82) is 0 Å². The number of hydrogen-bond donors (Lipinski definition) is 2. The molecule has 0 heterocycles. The molecule has 0 radical (unpaired) electrons. The quantitative estimate of drug-likeness (QED) is 0.243. The van der Waals surface area contributed by atoms with Crippen LogP contribution in [0.25, 0.3) is 0 Å². The second-order valence-corrected chi connectivity index (χ2v) is 13.1. The van der Waals surface area contributed by atoms with E-state index in [2.05, 4.69) is 24.5 Å². The van der Waals surface area contributed by atoms with Crippen LogP contribution >= 0.6 is 11.8 Å². The highest BCUT2D eigenvalue weighted by Gasteiger charge is 2.38. The van der Waals surface area contributed by atoms with Gasteiger partial charge in [-0.15, -0.1) is 0 Å². The van der Waals surface area contributed by atoms with Crippen LogP contribution < -0.4 is 15.4 Å². The number of ether oxygens (including phenoxy) is 2. The normalized spacial score (nSPS) is 13.6. The van der Waals surface area contributed by atoms with Gasteiger partial charge < -0.3 is 25.0 Å². The minimum absolute atomic E-state index is 0.287. The van der Waals surface area contributed by atoms with Gasteiger partial charge in [-0.2, -0.15) is 11.8 Å². The highest BCUT2D eigenvalue weighted by atomic mass is 32.2. The first-order valence-corrected chi connectivity index (χ1v) is 16.0. The summed E-state index contributed by atoms with van der Waals surface area (Å²) in [7, 11) is 1.59. The summed E-state index contributed by atoms with van der Waals surface area (Å²) in [5, 5.41) is 5.82. The summed E-state index contributed by atoms with van der Waals surface area (Å²) < 4.78 is 10.8. The number of aryl methyl sites for hydroxylation is 1. The lowest BCUT2D eigenvalue weighted by molar-refractivity contribution is -0.143. The standard InChI is InChI=1S/C33H49N3O5S/c1-22(2)10-13-24(4)36(31(38)28(20-21-42-9)35-32(39)41-33(5,6)7)29(25-14-11-23(3)12-15-25)30(37)34-26-16-18-27(40-8)19-17-26/h11-12,14-19,22,24,28-29H,10,13,20-21H2,1-9H3,(H,34,37)(H,35,39). The average molecular weight is 600 g/mol. The van der Waals surface area contributed by atoms with Gasteiger partial charge in [-0.25, -0.2) is 4.79 Å². The zero-order chi connectivity index (χ0) is 31.4. The molecule has 0 aromatic heterocycles. The van der Waals surface area contributed by atoms with Gasteiger partial charge in [-0.1, -0.05) is 43.7 Å². The summed E-state index contributed by atoms with van der Waals surface area (Å²) in [5.74, 6) is 1.08. The topological polar surface area (TPSA) is 97.0 Å². The molecule has 42 heavy (non-hydrogen) atoms. The monoisotopic (exact) mass is 599 g/mol. The molecule has 0 spiro atoms. The predicted molar refractivity (Wildman–Crippen MR) is 172 cm³/mol. The third-order valence-corrected chi connectivity index (χ3v) is 7.41. The first-order chi connectivity index (χ1) is 19.7. The Hall–Kier alpha value is -3.20. The molecule has 0 saturated heterocycles. The summed E-state index contributed by atoms with van der Waals surface area (Å²) in [6, 6.07) is 12.7. The van der Waals surface area contributed by atoms with Crippen molar-refractivity contribution >= 4 is 35.4 Å². The van der Waals surface area contributed by atoms with E-state index in [0.717, 1.165) is 12.0 Å². The zero-order valence-electron chi connectivity index (χ0n) is 26.7. The van der Waals surface area contributed by atoms with E-state index in [1.54, 1.807) is 68.8 Å². The highest BCUT2D eigenvalue weighted by molar-refractivity contribution is 7.98. The maximum Gasteiger partial charge on any atom is 0.408 e. The van der Waals surface area contributed by atoms with Gasteiger partial charge in [0, 0.05) is 11.7 Å². The molecule has 0 aliphatic rings. The van der Waals surface area contributed by atoms with Crippen molar-refractivity contribution in [2.45, 2.75) is 91.5 Å². The zero-order valence-corrected chi connectivity index (χ0v) is 27.5. The van der Waals surface area contributed by atoms with Crippen LogP contribution in [0, 0.1) is 12.8 Å². The molecule has 232 valence electrons. The van der Waals surface area contributed by atoms with Gasteiger partial charge in [0.1, 0.15) is 23.4 Å². The van der Waals surface area contributed by atoms with Crippen molar-refractivity contribution in [2.75, 3.05) is 24.4 Å². The smallest absolute Gasteiger partial charge is 0.408 e. The summed E-state index contributed by atoms with van der Waals surface area (Å²) in [5.41, 5.74) is 1.61. The van der Waals surface area contributed by atoms with Crippen LogP contribution in [0.4, 0.5) is 10.5 Å². The van der Waals surface area contributed by atoms with E-state index in [1.807, 2.05) is 44.4 Å². The summed E-state index contributed by atoms with van der Waals surface area (Å²) >= 11 is 1.59. The molecule has 3 unspecified atom stereocenters. The third-order valence-electron chi connectivity index (χ3n) is 6.77. The minimum Gasteiger partial charge on any atom is -0.497 e. The van der Waals surface area contributed by atoms with E-state index in [0.29, 0.717) is 41.5 Å². The first-order valence-electron chi connectivity index (χ1n) is 14.6. The van der Waals surface area contributed by atoms with E-state index in [1.165, 1.54) is 0 Å². The van der Waals surface area contributed by atoms with Crippen molar-refractivity contribution in [3.05, 3.63) is 59.7 Å². The molecule has 2 rings (SSSR count). The van der Waals surface area contributed by atoms with E-state index < -0.39 is 23.8 Å². The fourth-order valence-electron chi connectivity index (χ4n) is 4.51. The molecule has 8 nitrogen and oxygen atoms in total. The van der Waals surface area contributed by atoms with Crippen molar-refractivity contribution in [1.82, 2.24) is 10.2 Å². The molecular weight excluding hydrogens is 550 g/mol. The van der Waals surface area contributed by atoms with Crippen LogP contribution in [0.15, 0.2) is 48.5 Å². The van der Waals surface area contributed by atoms with Crippen molar-refractivity contribution in [3.8, 4) is 5.75 Å². The highest BCUT2D eigenvalue weighted by Crippen LogP contribution is 2.30. The van der Waals surface area contributed by atoms with Gasteiger partial charge in [0.2, 0.25) is 5.91 Å². The molecule has 2 N–H and O–H groups in total. The Morgan fingerprint density at radius 1 is 0.929 bits per heavy atom. The molecule has 2 aromatic carbocycles. The molecule has 3 atom stereocenters. The summed E-state index contributed by atoms with van der Waals surface area (Å²) in [4.78, 5) is 43.2. The lowest BCUT2D eigenvalue weighted by Crippen LogP contribution is -2.55. The largest absolute Gasteiger partial charge is 0.497 e. The molecular formula is C33H49N3O5S. The molecule has 2 aromatic rings. The maximum absolute atomic E-state index is 14.5. The van der Waals surface area contributed by atoms with Gasteiger partial charge in [-0.3, -0.25) is 9.59 Å². The van der Waals surface area contributed by atoms with E-state index in [9.17, 15) is 14.4 Å². The summed E-state index contributed by atoms with van der Waals surface area (Å²) in [6.07, 6.45) is 3.26. The Kier molecular flexibility index (Phi) is 13.7. The number of carbonyl (C=O) groups is 3. The van der Waals surface area contributed by atoms with Crippen molar-refractivity contribution in [3.63, 3.8) is 0 Å². The Morgan fingerprint density at radius 3 is 2.07 bits per heavy atom. The van der Waals surface area contributed by atoms with Crippen molar-refractivity contribution in [2.24, 2.45) is 5.92 Å². The number of nitrogens with zero attached hydrogens (tertiary/aromatic N) is 1. The van der Waals surface area contributed by atoms with Gasteiger partial charge in [0.05, 0.1) is 7.11 Å². The molecule has 0 aliphatic heterocycles. The van der Waals surface area contributed by atoms with Crippen LogP contribution in [0.3, 0.4) is 0 Å². The Balaban J connectivity index is 2.59. The van der Waals surface area contributed by atoms with Gasteiger partial charge in [-0.05, 0) is 102 Å². The fourth-order valence-corrected chi connectivity index (χ4v) is 4.98. The third kappa shape index (κ3) is 11.2. The van der Waals surface area contributed by atoms with Crippen molar-refractivity contribution < 1.29 is 23.9 Å². The van der Waals surface area contributed by atoms with Crippen LogP contribution in [-0.4, -0.2) is 59.6 Å². The molecule has 0 bridgehead atoms. The fraction of sp³-hybridized carbons (Fsp3) is 0.545. The van der Waals surface area contributed by atoms with Gasteiger partial charge in [0.25, 0.3) is 5.91 Å². The lowest BCUT2D eigenvalue weighted by atomic mass is 9.96. The second-order valence-electron chi connectivity index (χ2n) is 12.1. The van der Waals surface area contributed by atoms with Crippen LogP contribution in [0.1, 0.15) is 78.0 Å². The number of hydrogen-bond acceptors (Lipinski definition) is 6. The number of anilines is 1. The minimum atomic E-state index is -0.931. The number of alkyl carbamates (subject to hydrolysis) is 1. The number of amides is 3. The summed E-state index contributed by atoms with van der Waals surface area (Å²) in [6.45, 7) is 13.6. The second kappa shape index (κ2) is 16.4. The molecule has 0 fully saturated rings. The number of thioether (sulfide) groups is 1. The maximum atomic E-state index is 14.5. The molecule has 9 heteroatoms. The number of carbonyl (C=O) groups excluding carboxylic acids is 3. The van der Waals surface area contributed by atoms with E-state index in [4.69, 9.17) is 9.47 Å². The first kappa shape index (κ1) is 35.0. The van der Waals surface area contributed by atoms with Gasteiger partial charge >= 0.3 is 6.09 Å². The van der Waals surface area contributed by atoms with Crippen LogP contribution in [0.2, 0.25) is 0 Å². The Bertz CT molecular complexity index is 1150. The molecule has 0 aliphatic carbocycles. The van der Waals surface area contributed by atoms with Crippen LogP contribution in [-0.2, 0) is 14.3 Å². The number of nitrogens with one attached hydrogen (secondary N) is 2. The molecule has 0 saturated carbocycles. The van der Waals surface area contributed by atoms with E-state index in [-0.39, 0.29) is 17.9 Å². The van der Waals surface area contributed by atoms with E-state index >= 15 is 0 Å². The number of methoxy groups -OCH3 is 1. The number of benzene rings is 2. The van der Waals surface area contributed by atoms with Crippen LogP contribution in [0.5, 0.6) is 5.75 Å².